The Bertz CT molecular complexity index is 1310. The fraction of sp³-hybridized carbons (Fsp3) is 0.526. The number of hydrogen-bond donors (Lipinski definition) is 0. The zero-order valence-electron chi connectivity index (χ0n) is 17.8. The van der Waals surface area contributed by atoms with Gasteiger partial charge in [-0.1, -0.05) is 0 Å². The molecule has 1 saturated heterocycles. The maximum absolute atomic E-state index is 11.9. The molecule has 0 N–H and O–H groups in total. The van der Waals surface area contributed by atoms with Crippen LogP contribution in [0.1, 0.15) is 24.7 Å². The van der Waals surface area contributed by atoms with Gasteiger partial charge in [-0.05, 0) is 62.9 Å². The van der Waals surface area contributed by atoms with Crippen LogP contribution < -0.4 is 4.90 Å². The molecule has 1 aromatic heterocycles. The molecule has 2 aromatic rings. The Hall–Kier alpha value is -1.96. The summed E-state index contributed by atoms with van der Waals surface area (Å²) in [4.78, 5) is 9.70. The largest absolute Gasteiger partial charge is 0.318 e. The maximum Gasteiger partial charge on any atom is 0.257 e. The smallest absolute Gasteiger partial charge is 0.257 e. The second-order valence-electron chi connectivity index (χ2n) is 8.50. The molecular formula is C19H24N6O4S3. The molecule has 1 fully saturated rings. The van der Waals surface area contributed by atoms with Crippen molar-refractivity contribution in [1.29, 1.82) is 0 Å². The third-order valence-electron chi connectivity index (χ3n) is 5.83. The van der Waals surface area contributed by atoms with E-state index in [9.17, 15) is 16.8 Å². The van der Waals surface area contributed by atoms with E-state index in [1.54, 1.807) is 0 Å². The third kappa shape index (κ3) is 4.30. The fourth-order valence-corrected chi connectivity index (χ4v) is 7.11. The minimum atomic E-state index is -3.42. The minimum absolute atomic E-state index is 0.00243. The van der Waals surface area contributed by atoms with Gasteiger partial charge in [0.1, 0.15) is 5.75 Å². The molecule has 5 rings (SSSR count). The van der Waals surface area contributed by atoms with Gasteiger partial charge < -0.3 is 9.80 Å². The molecule has 0 atom stereocenters. The SMILES string of the molecule is CN1CCC(n2nc(CS(C)(=O)=O)nc2-c2ccc3c(c2)SC2=NS(=O)(=O)CCN23)CC1. The Morgan fingerprint density at radius 2 is 1.94 bits per heavy atom. The molecular weight excluding hydrogens is 472 g/mol. The second-order valence-corrected chi connectivity index (χ2v) is 13.4. The average Bonchev–Trinajstić information content (AvgIpc) is 3.26. The number of thioether (sulfide) groups is 1. The van der Waals surface area contributed by atoms with Crippen molar-refractivity contribution < 1.29 is 16.8 Å². The summed E-state index contributed by atoms with van der Waals surface area (Å²) < 4.78 is 53.3. The molecule has 32 heavy (non-hydrogen) atoms. The summed E-state index contributed by atoms with van der Waals surface area (Å²) in [6.45, 7) is 2.26. The first-order valence-electron chi connectivity index (χ1n) is 10.3. The number of hydrogen-bond acceptors (Lipinski definition) is 9. The van der Waals surface area contributed by atoms with Crippen molar-refractivity contribution in [3.8, 4) is 11.4 Å². The van der Waals surface area contributed by atoms with Gasteiger partial charge in [-0.3, -0.25) is 0 Å². The van der Waals surface area contributed by atoms with Gasteiger partial charge in [0.15, 0.2) is 26.7 Å². The first-order valence-corrected chi connectivity index (χ1v) is 14.8. The Morgan fingerprint density at radius 3 is 2.66 bits per heavy atom. The molecule has 4 heterocycles. The first kappa shape index (κ1) is 21.9. The van der Waals surface area contributed by atoms with Crippen LogP contribution in [0.5, 0.6) is 0 Å². The van der Waals surface area contributed by atoms with E-state index in [1.165, 1.54) is 18.0 Å². The van der Waals surface area contributed by atoms with Crippen LogP contribution in [0.25, 0.3) is 11.4 Å². The minimum Gasteiger partial charge on any atom is -0.318 e. The molecule has 0 amide bonds. The molecule has 0 saturated carbocycles. The molecule has 10 nitrogen and oxygen atoms in total. The Labute approximate surface area is 191 Å². The van der Waals surface area contributed by atoms with Crippen LogP contribution >= 0.6 is 11.8 Å². The van der Waals surface area contributed by atoms with Crippen molar-refractivity contribution in [2.24, 2.45) is 4.40 Å². The highest BCUT2D eigenvalue weighted by Crippen LogP contribution is 2.44. The number of amidine groups is 1. The lowest BCUT2D eigenvalue weighted by atomic mass is 10.1. The number of sulfone groups is 1. The number of fused-ring (bicyclic) bond motifs is 3. The molecule has 0 radical (unpaired) electrons. The highest BCUT2D eigenvalue weighted by atomic mass is 32.2. The fourth-order valence-electron chi connectivity index (χ4n) is 4.22. The standard InChI is InChI=1S/C19H24N6O4S3/c1-23-7-5-14(6-8-23)25-18(20-17(21-25)12-31(2,26)27)13-3-4-15-16(11-13)30-19-22-32(28,29)10-9-24(15)19/h3-4,11,14H,5-10,12H2,1-2H3. The Morgan fingerprint density at radius 1 is 1.19 bits per heavy atom. The van der Waals surface area contributed by atoms with Crippen molar-refractivity contribution in [2.45, 2.75) is 29.5 Å². The lowest BCUT2D eigenvalue weighted by molar-refractivity contribution is 0.213. The van der Waals surface area contributed by atoms with Gasteiger partial charge in [-0.2, -0.15) is 5.10 Å². The molecule has 3 aliphatic rings. The van der Waals surface area contributed by atoms with Crippen LogP contribution in [0.2, 0.25) is 0 Å². The number of sulfonamides is 1. The topological polar surface area (TPSA) is 118 Å². The van der Waals surface area contributed by atoms with Crippen LogP contribution in [0.15, 0.2) is 27.5 Å². The number of anilines is 1. The van der Waals surface area contributed by atoms with Crippen LogP contribution in [0, 0.1) is 0 Å². The maximum atomic E-state index is 11.9. The first-order chi connectivity index (χ1) is 15.1. The second kappa shape index (κ2) is 7.82. The summed E-state index contributed by atoms with van der Waals surface area (Å²) in [6.07, 6.45) is 3.00. The molecule has 0 unspecified atom stereocenters. The molecule has 0 spiro atoms. The zero-order valence-corrected chi connectivity index (χ0v) is 20.2. The summed E-state index contributed by atoms with van der Waals surface area (Å²) in [5, 5.41) is 5.06. The summed E-state index contributed by atoms with van der Waals surface area (Å²) in [5.41, 5.74) is 1.75. The van der Waals surface area contributed by atoms with Gasteiger partial charge in [0, 0.05) is 23.3 Å². The van der Waals surface area contributed by atoms with Gasteiger partial charge in [0.25, 0.3) is 10.0 Å². The predicted octanol–water partition coefficient (Wildman–Crippen LogP) is 1.37. The van der Waals surface area contributed by atoms with Gasteiger partial charge >= 0.3 is 0 Å². The number of aromatic nitrogens is 3. The number of nitrogens with zero attached hydrogens (tertiary/aromatic N) is 6. The lowest BCUT2D eigenvalue weighted by Gasteiger charge is -2.29. The Kier molecular flexibility index (Phi) is 5.34. The van der Waals surface area contributed by atoms with Crippen molar-refractivity contribution >= 4 is 42.5 Å². The van der Waals surface area contributed by atoms with Crippen molar-refractivity contribution in [2.75, 3.05) is 43.6 Å². The highest BCUT2D eigenvalue weighted by Gasteiger charge is 2.34. The van der Waals surface area contributed by atoms with Gasteiger partial charge in [-0.15, -0.1) is 4.40 Å². The van der Waals surface area contributed by atoms with Crippen molar-refractivity contribution in [1.82, 2.24) is 19.7 Å². The van der Waals surface area contributed by atoms with Gasteiger partial charge in [0.2, 0.25) is 0 Å². The van der Waals surface area contributed by atoms with Crippen molar-refractivity contribution in [3.63, 3.8) is 0 Å². The summed E-state index contributed by atoms with van der Waals surface area (Å²) in [7, 11) is -4.60. The lowest BCUT2D eigenvalue weighted by Crippen LogP contribution is -2.35. The van der Waals surface area contributed by atoms with E-state index in [0.29, 0.717) is 23.4 Å². The molecule has 1 aromatic carbocycles. The summed E-state index contributed by atoms with van der Waals surface area (Å²) in [5.74, 6) is 0.725. The highest BCUT2D eigenvalue weighted by molar-refractivity contribution is 8.15. The van der Waals surface area contributed by atoms with Crippen LogP contribution in [-0.2, 0) is 25.6 Å². The Balaban J connectivity index is 1.54. The summed E-state index contributed by atoms with van der Waals surface area (Å²) in [6, 6.07) is 5.99. The summed E-state index contributed by atoms with van der Waals surface area (Å²) >= 11 is 1.33. The van der Waals surface area contributed by atoms with Gasteiger partial charge in [-0.25, -0.2) is 26.5 Å². The predicted molar refractivity (Wildman–Crippen MR) is 124 cm³/mol. The third-order valence-corrected chi connectivity index (χ3v) is 8.92. The number of benzene rings is 1. The van der Waals surface area contributed by atoms with E-state index in [1.807, 2.05) is 27.8 Å². The van der Waals surface area contributed by atoms with Crippen LogP contribution in [0.4, 0.5) is 5.69 Å². The number of rotatable bonds is 4. The van der Waals surface area contributed by atoms with Gasteiger partial charge in [0.05, 0.1) is 17.5 Å². The number of likely N-dealkylation sites (tertiary alicyclic amines) is 1. The molecule has 172 valence electrons. The van der Waals surface area contributed by atoms with E-state index in [2.05, 4.69) is 26.4 Å². The van der Waals surface area contributed by atoms with E-state index in [4.69, 9.17) is 0 Å². The van der Waals surface area contributed by atoms with E-state index in [-0.39, 0.29) is 17.5 Å². The normalized spacial score (nSPS) is 21.3. The quantitative estimate of drug-likeness (QED) is 0.618. The molecule has 0 aliphatic carbocycles. The van der Waals surface area contributed by atoms with Crippen LogP contribution in [-0.4, -0.2) is 80.4 Å². The number of piperidine rings is 1. The zero-order chi connectivity index (χ0) is 22.7. The van der Waals surface area contributed by atoms with E-state index >= 15 is 0 Å². The van der Waals surface area contributed by atoms with Crippen LogP contribution in [0.3, 0.4) is 0 Å². The monoisotopic (exact) mass is 496 g/mol. The molecule has 3 aliphatic heterocycles. The molecule has 0 bridgehead atoms. The van der Waals surface area contributed by atoms with E-state index < -0.39 is 19.9 Å². The van der Waals surface area contributed by atoms with E-state index in [0.717, 1.165) is 42.1 Å². The van der Waals surface area contributed by atoms with Crippen molar-refractivity contribution in [3.05, 3.63) is 24.0 Å². The molecule has 13 heteroatoms. The average molecular weight is 497 g/mol.